The molecule has 1 atom stereocenters. The van der Waals surface area contributed by atoms with Crippen molar-refractivity contribution in [2.45, 2.75) is 26.8 Å². The quantitative estimate of drug-likeness (QED) is 0.892. The van der Waals surface area contributed by atoms with Gasteiger partial charge in [0.2, 0.25) is 0 Å². The second-order valence-electron chi connectivity index (χ2n) is 4.43. The molecule has 3 heteroatoms. The highest BCUT2D eigenvalue weighted by Gasteiger charge is 2.17. The Balaban J connectivity index is 2.41. The Hall–Kier alpha value is -1.25. The van der Waals surface area contributed by atoms with Crippen LogP contribution in [-0.4, -0.2) is 6.54 Å². The second-order valence-corrected chi connectivity index (χ2v) is 4.84. The van der Waals surface area contributed by atoms with Crippen LogP contribution in [0.4, 0.5) is 0 Å². The molecule has 0 fully saturated rings. The van der Waals surface area contributed by atoms with E-state index in [0.29, 0.717) is 0 Å². The molecular formula is C15H18ClNO. The molecule has 0 saturated heterocycles. The highest BCUT2D eigenvalue weighted by molar-refractivity contribution is 6.31. The van der Waals surface area contributed by atoms with Gasteiger partial charge in [0.25, 0.3) is 0 Å². The van der Waals surface area contributed by atoms with Crippen molar-refractivity contribution in [3.8, 4) is 0 Å². The molecular weight excluding hydrogens is 246 g/mol. The lowest BCUT2D eigenvalue weighted by molar-refractivity contribution is 0.520. The van der Waals surface area contributed by atoms with E-state index in [2.05, 4.69) is 24.4 Å². The van der Waals surface area contributed by atoms with Gasteiger partial charge < -0.3 is 9.73 Å². The van der Waals surface area contributed by atoms with E-state index in [1.54, 1.807) is 6.26 Å². The molecule has 0 aliphatic heterocycles. The van der Waals surface area contributed by atoms with Crippen LogP contribution in [0, 0.1) is 13.8 Å². The lowest BCUT2D eigenvalue weighted by atomic mass is 9.98. The van der Waals surface area contributed by atoms with Crippen molar-refractivity contribution in [3.05, 3.63) is 58.0 Å². The molecule has 0 saturated carbocycles. The first kappa shape index (κ1) is 13.2. The van der Waals surface area contributed by atoms with Crippen LogP contribution < -0.4 is 5.32 Å². The maximum absolute atomic E-state index is 6.21. The zero-order valence-corrected chi connectivity index (χ0v) is 11.7. The van der Waals surface area contributed by atoms with Gasteiger partial charge in [0.15, 0.2) is 0 Å². The molecule has 0 aliphatic carbocycles. The van der Waals surface area contributed by atoms with Gasteiger partial charge in [0.1, 0.15) is 5.76 Å². The smallest absolute Gasteiger partial charge is 0.105 e. The van der Waals surface area contributed by atoms with Crippen molar-refractivity contribution in [3.63, 3.8) is 0 Å². The van der Waals surface area contributed by atoms with Crippen molar-refractivity contribution >= 4 is 11.6 Å². The van der Waals surface area contributed by atoms with Gasteiger partial charge in [-0.15, -0.1) is 0 Å². The van der Waals surface area contributed by atoms with Gasteiger partial charge in [0.05, 0.1) is 12.3 Å². The predicted octanol–water partition coefficient (Wildman–Crippen LogP) is 4.25. The van der Waals surface area contributed by atoms with Crippen LogP contribution in [0.2, 0.25) is 5.02 Å². The summed E-state index contributed by atoms with van der Waals surface area (Å²) in [4.78, 5) is 0. The Morgan fingerprint density at radius 1 is 1.28 bits per heavy atom. The molecule has 0 radical (unpaired) electrons. The van der Waals surface area contributed by atoms with Gasteiger partial charge in [-0.05, 0) is 43.7 Å². The van der Waals surface area contributed by atoms with E-state index in [-0.39, 0.29) is 6.04 Å². The number of aryl methyl sites for hydroxylation is 2. The largest absolute Gasteiger partial charge is 0.469 e. The summed E-state index contributed by atoms with van der Waals surface area (Å²) in [5, 5.41) is 4.27. The molecule has 18 heavy (non-hydrogen) atoms. The van der Waals surface area contributed by atoms with E-state index in [0.717, 1.165) is 34.0 Å². The summed E-state index contributed by atoms with van der Waals surface area (Å²) in [5.74, 6) is 0.942. The van der Waals surface area contributed by atoms with E-state index in [4.69, 9.17) is 16.0 Å². The van der Waals surface area contributed by atoms with Crippen molar-refractivity contribution in [2.24, 2.45) is 0 Å². The van der Waals surface area contributed by atoms with Crippen LogP contribution in [0.25, 0.3) is 0 Å². The molecule has 0 bridgehead atoms. The average molecular weight is 264 g/mol. The predicted molar refractivity (Wildman–Crippen MR) is 75.2 cm³/mol. The topological polar surface area (TPSA) is 25.2 Å². The Labute approximate surface area is 113 Å². The van der Waals surface area contributed by atoms with Gasteiger partial charge in [-0.1, -0.05) is 30.7 Å². The lowest BCUT2D eigenvalue weighted by Gasteiger charge is -2.18. The molecule has 1 aromatic carbocycles. The Morgan fingerprint density at radius 2 is 2.06 bits per heavy atom. The summed E-state index contributed by atoms with van der Waals surface area (Å²) in [5.41, 5.74) is 3.42. The number of nitrogens with one attached hydrogen (secondary N) is 1. The van der Waals surface area contributed by atoms with Crippen LogP contribution in [0.3, 0.4) is 0 Å². The normalized spacial score (nSPS) is 12.7. The fourth-order valence-corrected chi connectivity index (χ4v) is 2.28. The fraction of sp³-hybridized carbons (Fsp3) is 0.333. The maximum atomic E-state index is 6.21. The van der Waals surface area contributed by atoms with Gasteiger partial charge in [-0.3, -0.25) is 0 Å². The van der Waals surface area contributed by atoms with Gasteiger partial charge in [-0.25, -0.2) is 0 Å². The molecule has 2 aromatic rings. The molecule has 0 amide bonds. The molecule has 96 valence electrons. The van der Waals surface area contributed by atoms with E-state index >= 15 is 0 Å². The van der Waals surface area contributed by atoms with Gasteiger partial charge in [0, 0.05) is 10.6 Å². The number of hydrogen-bond donors (Lipinski definition) is 1. The first-order valence-corrected chi connectivity index (χ1v) is 6.54. The zero-order valence-electron chi connectivity index (χ0n) is 11.0. The molecule has 2 nitrogen and oxygen atoms in total. The standard InChI is InChI=1S/C15H18ClNO/c1-4-17-15(13-7-8-18-11(13)3)12-6-5-10(2)14(16)9-12/h5-9,15,17H,4H2,1-3H3. The first-order valence-electron chi connectivity index (χ1n) is 6.17. The van der Waals surface area contributed by atoms with Gasteiger partial charge in [-0.2, -0.15) is 0 Å². The highest BCUT2D eigenvalue weighted by atomic mass is 35.5. The van der Waals surface area contributed by atoms with Gasteiger partial charge >= 0.3 is 0 Å². The molecule has 0 spiro atoms. The van der Waals surface area contributed by atoms with E-state index in [1.807, 2.05) is 26.0 Å². The van der Waals surface area contributed by atoms with Crippen molar-refractivity contribution in [1.82, 2.24) is 5.32 Å². The number of furan rings is 1. The summed E-state index contributed by atoms with van der Waals surface area (Å²) >= 11 is 6.21. The molecule has 1 N–H and O–H groups in total. The average Bonchev–Trinajstić information content (AvgIpc) is 2.76. The Bertz CT molecular complexity index is 533. The fourth-order valence-electron chi connectivity index (χ4n) is 2.09. The van der Waals surface area contributed by atoms with Crippen molar-refractivity contribution in [2.75, 3.05) is 6.54 Å². The monoisotopic (exact) mass is 263 g/mol. The zero-order chi connectivity index (χ0) is 13.1. The van der Waals surface area contributed by atoms with Crippen LogP contribution in [-0.2, 0) is 0 Å². The van der Waals surface area contributed by atoms with E-state index in [9.17, 15) is 0 Å². The minimum atomic E-state index is 0.131. The lowest BCUT2D eigenvalue weighted by Crippen LogP contribution is -2.22. The Kier molecular flexibility index (Phi) is 4.10. The summed E-state index contributed by atoms with van der Waals surface area (Å²) in [6.07, 6.45) is 1.73. The Morgan fingerprint density at radius 3 is 2.61 bits per heavy atom. The second kappa shape index (κ2) is 5.59. The minimum absolute atomic E-state index is 0.131. The number of halogens is 1. The summed E-state index contributed by atoms with van der Waals surface area (Å²) < 4.78 is 5.39. The molecule has 1 heterocycles. The molecule has 1 unspecified atom stereocenters. The van der Waals surface area contributed by atoms with Crippen LogP contribution in [0.15, 0.2) is 34.9 Å². The minimum Gasteiger partial charge on any atom is -0.469 e. The summed E-state index contributed by atoms with van der Waals surface area (Å²) in [6, 6.07) is 8.33. The third kappa shape index (κ3) is 2.60. The van der Waals surface area contributed by atoms with E-state index < -0.39 is 0 Å². The highest BCUT2D eigenvalue weighted by Crippen LogP contribution is 2.28. The van der Waals surface area contributed by atoms with Crippen LogP contribution in [0.1, 0.15) is 35.4 Å². The van der Waals surface area contributed by atoms with Crippen molar-refractivity contribution < 1.29 is 4.42 Å². The SMILES string of the molecule is CCNC(c1ccc(C)c(Cl)c1)c1ccoc1C. The number of hydrogen-bond acceptors (Lipinski definition) is 2. The van der Waals surface area contributed by atoms with Crippen molar-refractivity contribution in [1.29, 1.82) is 0 Å². The molecule has 2 rings (SSSR count). The first-order chi connectivity index (χ1) is 8.63. The molecule has 0 aliphatic rings. The maximum Gasteiger partial charge on any atom is 0.105 e. The summed E-state index contributed by atoms with van der Waals surface area (Å²) in [6.45, 7) is 6.98. The summed E-state index contributed by atoms with van der Waals surface area (Å²) in [7, 11) is 0. The third-order valence-corrected chi connectivity index (χ3v) is 3.55. The van der Waals surface area contributed by atoms with Crippen LogP contribution in [0.5, 0.6) is 0 Å². The number of benzene rings is 1. The van der Waals surface area contributed by atoms with E-state index in [1.165, 1.54) is 0 Å². The number of rotatable bonds is 4. The third-order valence-electron chi connectivity index (χ3n) is 3.15. The molecule has 1 aromatic heterocycles. The van der Waals surface area contributed by atoms with Crippen LogP contribution >= 0.6 is 11.6 Å².